The van der Waals surface area contributed by atoms with E-state index in [0.717, 1.165) is 29.7 Å². The highest BCUT2D eigenvalue weighted by atomic mass is 19.1. The van der Waals surface area contributed by atoms with Crippen LogP contribution in [0.5, 0.6) is 5.75 Å². The summed E-state index contributed by atoms with van der Waals surface area (Å²) < 4.78 is 20.9. The first-order chi connectivity index (χ1) is 13.0. The van der Waals surface area contributed by atoms with Gasteiger partial charge in [0.1, 0.15) is 11.6 Å². The maximum Gasteiger partial charge on any atom is 0.229 e. The van der Waals surface area contributed by atoms with Crippen molar-refractivity contribution in [3.05, 3.63) is 40.8 Å². The van der Waals surface area contributed by atoms with Gasteiger partial charge in [-0.05, 0) is 31.9 Å². The Morgan fingerprint density at radius 2 is 2.04 bits per heavy atom. The fraction of sp³-hybridized carbons (Fsp3) is 0.429. The maximum atomic E-state index is 15.2. The summed E-state index contributed by atoms with van der Waals surface area (Å²) in [4.78, 5) is 8.69. The van der Waals surface area contributed by atoms with E-state index in [1.54, 1.807) is 13.1 Å². The predicted octanol–water partition coefficient (Wildman–Crippen LogP) is 5.48. The van der Waals surface area contributed by atoms with Crippen molar-refractivity contribution in [2.24, 2.45) is 0 Å². The van der Waals surface area contributed by atoms with Gasteiger partial charge in [0.15, 0.2) is 5.82 Å². The van der Waals surface area contributed by atoms with E-state index in [9.17, 15) is 0 Å². The Morgan fingerprint density at radius 3 is 2.70 bits per heavy atom. The van der Waals surface area contributed by atoms with Gasteiger partial charge < -0.3 is 15.4 Å². The Kier molecular flexibility index (Phi) is 7.16. The molecular formula is C21H29FN4O. The molecule has 2 heterocycles. The first-order valence-electron chi connectivity index (χ1n) is 9.49. The standard InChI is InChI=1S/C19H23FN4O.C2H6/c1-5-6-11(2)16-17(20)14(10-13-7-8-25-18(13)16)23-19-22-12(3)9-15(21-4)24-19;1-2/h6,9-10H,5,7-8H2,1-4H3,(H2,21,22,23,24);1-2H3/b11-6+;. The van der Waals surface area contributed by atoms with Crippen LogP contribution in [0, 0.1) is 12.7 Å². The normalized spacial score (nSPS) is 12.6. The van der Waals surface area contributed by atoms with Crippen molar-refractivity contribution < 1.29 is 9.13 Å². The third-order valence-corrected chi connectivity index (χ3v) is 4.17. The van der Waals surface area contributed by atoms with E-state index >= 15 is 4.39 Å². The average Bonchev–Trinajstić information content (AvgIpc) is 3.11. The Labute approximate surface area is 161 Å². The summed E-state index contributed by atoms with van der Waals surface area (Å²) in [5.74, 6) is 1.37. The minimum Gasteiger partial charge on any atom is -0.492 e. The van der Waals surface area contributed by atoms with Crippen LogP contribution in [0.2, 0.25) is 0 Å². The third-order valence-electron chi connectivity index (χ3n) is 4.17. The van der Waals surface area contributed by atoms with Gasteiger partial charge in [0.2, 0.25) is 5.95 Å². The van der Waals surface area contributed by atoms with E-state index in [2.05, 4.69) is 20.6 Å². The van der Waals surface area contributed by atoms with Crippen LogP contribution in [0.25, 0.3) is 5.57 Å². The number of allylic oxidation sites excluding steroid dienone is 2. The van der Waals surface area contributed by atoms with Crippen LogP contribution in [-0.2, 0) is 6.42 Å². The molecule has 0 atom stereocenters. The third kappa shape index (κ3) is 4.56. The molecule has 0 spiro atoms. The Morgan fingerprint density at radius 1 is 1.30 bits per heavy atom. The highest BCUT2D eigenvalue weighted by Crippen LogP contribution is 2.40. The summed E-state index contributed by atoms with van der Waals surface area (Å²) in [6.07, 6.45) is 3.61. The molecule has 0 amide bonds. The van der Waals surface area contributed by atoms with E-state index in [1.165, 1.54) is 0 Å². The molecule has 2 aromatic rings. The molecule has 5 nitrogen and oxygen atoms in total. The molecule has 3 rings (SSSR count). The molecule has 0 saturated heterocycles. The van der Waals surface area contributed by atoms with Gasteiger partial charge in [0, 0.05) is 30.8 Å². The zero-order valence-corrected chi connectivity index (χ0v) is 17.0. The van der Waals surface area contributed by atoms with Crippen molar-refractivity contribution in [3.63, 3.8) is 0 Å². The summed E-state index contributed by atoms with van der Waals surface area (Å²) in [5, 5.41) is 6.02. The molecule has 1 aliphatic rings. The number of benzene rings is 1. The molecule has 0 aliphatic carbocycles. The van der Waals surface area contributed by atoms with Gasteiger partial charge in [-0.2, -0.15) is 4.98 Å². The Bertz CT molecular complexity index is 833. The van der Waals surface area contributed by atoms with E-state index in [-0.39, 0.29) is 5.82 Å². The number of nitrogens with one attached hydrogen (secondary N) is 2. The zero-order valence-electron chi connectivity index (χ0n) is 17.0. The van der Waals surface area contributed by atoms with Crippen molar-refractivity contribution in [2.45, 2.75) is 47.5 Å². The van der Waals surface area contributed by atoms with Gasteiger partial charge in [-0.1, -0.05) is 26.8 Å². The lowest BCUT2D eigenvalue weighted by molar-refractivity contribution is 0.354. The second kappa shape index (κ2) is 9.35. The summed E-state index contributed by atoms with van der Waals surface area (Å²) >= 11 is 0. The first kappa shape index (κ1) is 20.7. The number of fused-ring (bicyclic) bond motifs is 1. The number of halogens is 1. The molecule has 1 aliphatic heterocycles. The van der Waals surface area contributed by atoms with Crippen LogP contribution in [0.1, 0.15) is 50.9 Å². The molecule has 0 bridgehead atoms. The maximum absolute atomic E-state index is 15.2. The van der Waals surface area contributed by atoms with Crippen molar-refractivity contribution in [3.8, 4) is 5.75 Å². The summed E-state index contributed by atoms with van der Waals surface area (Å²) in [6, 6.07) is 3.63. The fourth-order valence-corrected chi connectivity index (χ4v) is 3.04. The number of aryl methyl sites for hydroxylation is 1. The Hall–Kier alpha value is -2.63. The lowest BCUT2D eigenvalue weighted by Crippen LogP contribution is -2.05. The Balaban J connectivity index is 0.00000126. The van der Waals surface area contributed by atoms with Crippen LogP contribution in [0.4, 0.5) is 21.8 Å². The monoisotopic (exact) mass is 372 g/mol. The van der Waals surface area contributed by atoms with Gasteiger partial charge in [-0.25, -0.2) is 9.37 Å². The molecular weight excluding hydrogens is 343 g/mol. The molecule has 1 aromatic carbocycles. The van der Waals surface area contributed by atoms with Gasteiger partial charge in [0.25, 0.3) is 0 Å². The second-order valence-corrected chi connectivity index (χ2v) is 6.09. The van der Waals surface area contributed by atoms with Gasteiger partial charge in [-0.15, -0.1) is 0 Å². The van der Waals surface area contributed by atoms with Crippen LogP contribution in [0.15, 0.2) is 18.2 Å². The number of nitrogens with zero attached hydrogens (tertiary/aromatic N) is 2. The van der Waals surface area contributed by atoms with Gasteiger partial charge in [-0.3, -0.25) is 0 Å². The van der Waals surface area contributed by atoms with Gasteiger partial charge in [0.05, 0.1) is 17.9 Å². The van der Waals surface area contributed by atoms with E-state index in [4.69, 9.17) is 4.74 Å². The van der Waals surface area contributed by atoms with Crippen molar-refractivity contribution >= 4 is 23.0 Å². The summed E-state index contributed by atoms with van der Waals surface area (Å²) in [7, 11) is 1.79. The molecule has 1 aromatic heterocycles. The molecule has 0 fully saturated rings. The molecule has 27 heavy (non-hydrogen) atoms. The van der Waals surface area contributed by atoms with Crippen molar-refractivity contribution in [1.82, 2.24) is 9.97 Å². The molecule has 0 saturated carbocycles. The molecule has 0 unspecified atom stereocenters. The van der Waals surface area contributed by atoms with E-state index < -0.39 is 0 Å². The van der Waals surface area contributed by atoms with Crippen LogP contribution < -0.4 is 15.4 Å². The van der Waals surface area contributed by atoms with Crippen LogP contribution >= 0.6 is 0 Å². The number of ether oxygens (including phenoxy) is 1. The van der Waals surface area contributed by atoms with E-state index in [1.807, 2.05) is 46.8 Å². The van der Waals surface area contributed by atoms with Crippen LogP contribution in [-0.4, -0.2) is 23.6 Å². The predicted molar refractivity (Wildman–Crippen MR) is 110 cm³/mol. The minimum absolute atomic E-state index is 0.334. The van der Waals surface area contributed by atoms with E-state index in [0.29, 0.717) is 35.4 Å². The summed E-state index contributed by atoms with van der Waals surface area (Å²) in [6.45, 7) is 10.4. The average molecular weight is 372 g/mol. The molecule has 2 N–H and O–H groups in total. The number of hydrogen-bond acceptors (Lipinski definition) is 5. The lowest BCUT2D eigenvalue weighted by Gasteiger charge is -2.15. The topological polar surface area (TPSA) is 59.1 Å². The summed E-state index contributed by atoms with van der Waals surface area (Å²) in [5.41, 5.74) is 3.58. The minimum atomic E-state index is -0.334. The molecule has 6 heteroatoms. The van der Waals surface area contributed by atoms with Crippen molar-refractivity contribution in [1.29, 1.82) is 0 Å². The first-order valence-corrected chi connectivity index (χ1v) is 9.49. The lowest BCUT2D eigenvalue weighted by atomic mass is 9.99. The quantitative estimate of drug-likeness (QED) is 0.727. The largest absolute Gasteiger partial charge is 0.492 e. The molecule has 0 radical (unpaired) electrons. The highest BCUT2D eigenvalue weighted by molar-refractivity contribution is 5.77. The van der Waals surface area contributed by atoms with Gasteiger partial charge >= 0.3 is 0 Å². The SMILES string of the molecule is CC.CC/C=C(\C)c1c(F)c(Nc2nc(C)cc(NC)n2)cc2c1OCC2. The fourth-order valence-electron chi connectivity index (χ4n) is 3.04. The second-order valence-electron chi connectivity index (χ2n) is 6.09. The number of hydrogen-bond donors (Lipinski definition) is 2. The smallest absolute Gasteiger partial charge is 0.229 e. The number of aromatic nitrogens is 2. The molecule has 146 valence electrons. The zero-order chi connectivity index (χ0) is 20.0. The highest BCUT2D eigenvalue weighted by Gasteiger charge is 2.24. The van der Waals surface area contributed by atoms with Crippen molar-refractivity contribution in [2.75, 3.05) is 24.3 Å². The number of anilines is 3. The number of rotatable bonds is 5. The van der Waals surface area contributed by atoms with Crippen LogP contribution in [0.3, 0.4) is 0 Å².